The number of hydrogen-bond acceptors (Lipinski definition) is 1. The van der Waals surface area contributed by atoms with E-state index in [1.807, 2.05) is 19.9 Å². The Kier molecular flexibility index (Phi) is 2.92. The number of aromatic nitrogens is 1. The van der Waals surface area contributed by atoms with Crippen LogP contribution in [0.3, 0.4) is 0 Å². The minimum absolute atomic E-state index is 0.168. The van der Waals surface area contributed by atoms with Gasteiger partial charge in [-0.05, 0) is 37.3 Å². The minimum atomic E-state index is -0.168. The van der Waals surface area contributed by atoms with E-state index in [4.69, 9.17) is 0 Å². The molecule has 1 aromatic heterocycles. The average Bonchev–Trinajstić information content (AvgIpc) is 2.92. The van der Waals surface area contributed by atoms with Gasteiger partial charge in [-0.15, -0.1) is 0 Å². The Labute approximate surface area is 104 Å². The van der Waals surface area contributed by atoms with Gasteiger partial charge < -0.3 is 4.57 Å². The molecule has 3 rings (SSSR count). The minimum Gasteiger partial charge on any atom is -0.341 e. The molecule has 0 saturated heterocycles. The van der Waals surface area contributed by atoms with Crippen LogP contribution >= 0.6 is 0 Å². The summed E-state index contributed by atoms with van der Waals surface area (Å²) in [5.41, 5.74) is 1.97. The second-order valence-corrected chi connectivity index (χ2v) is 5.79. The van der Waals surface area contributed by atoms with E-state index in [1.165, 1.54) is 12.0 Å². The number of hydrogen-bond donors (Lipinski definition) is 0. The summed E-state index contributed by atoms with van der Waals surface area (Å²) in [6.07, 6.45) is 4.45. The van der Waals surface area contributed by atoms with E-state index in [2.05, 4.69) is 31.5 Å². The van der Waals surface area contributed by atoms with Gasteiger partial charge in [0.05, 0.1) is 5.69 Å². The van der Waals surface area contributed by atoms with Crippen LogP contribution in [0.25, 0.3) is 0 Å². The molecule has 2 heterocycles. The highest BCUT2D eigenvalue weighted by Crippen LogP contribution is 2.53. The van der Waals surface area contributed by atoms with Crippen LogP contribution < -0.4 is 0 Å². The molecular formula is C15H23NO. The van der Waals surface area contributed by atoms with Gasteiger partial charge in [0.1, 0.15) is 0 Å². The van der Waals surface area contributed by atoms with Crippen molar-refractivity contribution in [3.8, 4) is 0 Å². The SMILES string of the molecule is CC.Cc1cc2n(c1)C1CC1CC(C)(C)C2=O. The third-order valence-corrected chi connectivity index (χ3v) is 3.85. The Morgan fingerprint density at radius 2 is 2.00 bits per heavy atom. The highest BCUT2D eigenvalue weighted by atomic mass is 16.1. The maximum absolute atomic E-state index is 12.3. The molecule has 1 aliphatic carbocycles. The van der Waals surface area contributed by atoms with Crippen molar-refractivity contribution in [3.63, 3.8) is 0 Å². The van der Waals surface area contributed by atoms with Gasteiger partial charge in [-0.25, -0.2) is 0 Å². The van der Waals surface area contributed by atoms with E-state index in [1.54, 1.807) is 0 Å². The second-order valence-electron chi connectivity index (χ2n) is 5.79. The molecule has 0 radical (unpaired) electrons. The molecule has 94 valence electrons. The Morgan fingerprint density at radius 1 is 1.35 bits per heavy atom. The monoisotopic (exact) mass is 233 g/mol. The number of carbonyl (C=O) groups is 1. The van der Waals surface area contributed by atoms with E-state index in [9.17, 15) is 4.79 Å². The molecule has 1 aromatic rings. The fraction of sp³-hybridized carbons (Fsp3) is 0.667. The van der Waals surface area contributed by atoms with Crippen LogP contribution in [0.4, 0.5) is 0 Å². The quantitative estimate of drug-likeness (QED) is 0.664. The average molecular weight is 233 g/mol. The van der Waals surface area contributed by atoms with Crippen LogP contribution in [0, 0.1) is 18.3 Å². The molecule has 1 saturated carbocycles. The summed E-state index contributed by atoms with van der Waals surface area (Å²) >= 11 is 0. The van der Waals surface area contributed by atoms with Gasteiger partial charge in [-0.2, -0.15) is 0 Å². The summed E-state index contributed by atoms with van der Waals surface area (Å²) < 4.78 is 2.22. The van der Waals surface area contributed by atoms with Crippen molar-refractivity contribution in [1.29, 1.82) is 0 Å². The first-order chi connectivity index (χ1) is 7.99. The molecule has 17 heavy (non-hydrogen) atoms. The molecule has 0 aromatic carbocycles. The van der Waals surface area contributed by atoms with Crippen molar-refractivity contribution in [1.82, 2.24) is 4.57 Å². The van der Waals surface area contributed by atoms with Crippen LogP contribution in [0.5, 0.6) is 0 Å². The van der Waals surface area contributed by atoms with Crippen molar-refractivity contribution >= 4 is 5.78 Å². The molecule has 2 unspecified atom stereocenters. The van der Waals surface area contributed by atoms with Crippen LogP contribution in [-0.4, -0.2) is 10.4 Å². The second kappa shape index (κ2) is 4.01. The zero-order valence-electron chi connectivity index (χ0n) is 11.6. The smallest absolute Gasteiger partial charge is 0.184 e. The number of aryl methyl sites for hydroxylation is 1. The van der Waals surface area contributed by atoms with E-state index >= 15 is 0 Å². The van der Waals surface area contributed by atoms with Gasteiger partial charge >= 0.3 is 0 Å². The molecule has 1 aliphatic heterocycles. The third-order valence-electron chi connectivity index (χ3n) is 3.85. The molecular weight excluding hydrogens is 210 g/mol. The van der Waals surface area contributed by atoms with Crippen molar-refractivity contribution in [3.05, 3.63) is 23.5 Å². The molecule has 0 spiro atoms. The molecule has 2 heteroatoms. The zero-order chi connectivity index (χ0) is 12.8. The van der Waals surface area contributed by atoms with Gasteiger partial charge in [0.15, 0.2) is 5.78 Å². The van der Waals surface area contributed by atoms with Gasteiger partial charge in [-0.1, -0.05) is 27.7 Å². The predicted octanol–water partition coefficient (Wildman–Crippen LogP) is 4.00. The maximum Gasteiger partial charge on any atom is 0.184 e. The largest absolute Gasteiger partial charge is 0.341 e. The van der Waals surface area contributed by atoms with Crippen LogP contribution in [0.2, 0.25) is 0 Å². The fourth-order valence-corrected chi connectivity index (χ4v) is 2.96. The van der Waals surface area contributed by atoms with E-state index in [0.29, 0.717) is 11.8 Å². The predicted molar refractivity (Wildman–Crippen MR) is 70.4 cm³/mol. The molecule has 0 N–H and O–H groups in total. The van der Waals surface area contributed by atoms with Gasteiger partial charge in [0.25, 0.3) is 0 Å². The number of Topliss-reactive ketones (excluding diaryl/α,β-unsaturated/α-hetero) is 1. The molecule has 1 fully saturated rings. The van der Waals surface area contributed by atoms with Gasteiger partial charge in [0.2, 0.25) is 0 Å². The molecule has 2 nitrogen and oxygen atoms in total. The van der Waals surface area contributed by atoms with Crippen LogP contribution in [0.15, 0.2) is 12.3 Å². The van der Waals surface area contributed by atoms with Gasteiger partial charge in [0, 0.05) is 17.7 Å². The number of fused-ring (bicyclic) bond motifs is 3. The molecule has 0 bridgehead atoms. The number of carbonyl (C=O) groups excluding carboxylic acids is 1. The number of ketones is 1. The lowest BCUT2D eigenvalue weighted by atomic mass is 9.82. The maximum atomic E-state index is 12.3. The topological polar surface area (TPSA) is 22.0 Å². The van der Waals surface area contributed by atoms with Crippen molar-refractivity contribution < 1.29 is 4.79 Å². The first-order valence-electron chi connectivity index (χ1n) is 6.72. The van der Waals surface area contributed by atoms with Gasteiger partial charge in [-0.3, -0.25) is 4.79 Å². The summed E-state index contributed by atoms with van der Waals surface area (Å²) in [6.45, 7) is 10.2. The van der Waals surface area contributed by atoms with E-state index in [0.717, 1.165) is 18.0 Å². The highest BCUT2D eigenvalue weighted by Gasteiger charge is 2.48. The van der Waals surface area contributed by atoms with E-state index in [-0.39, 0.29) is 5.41 Å². The Bertz CT molecular complexity index is 442. The van der Waals surface area contributed by atoms with Crippen molar-refractivity contribution in [2.75, 3.05) is 0 Å². The lowest BCUT2D eigenvalue weighted by Gasteiger charge is -2.20. The summed E-state index contributed by atoms with van der Waals surface area (Å²) in [5, 5.41) is 0. The fourth-order valence-electron chi connectivity index (χ4n) is 2.96. The number of rotatable bonds is 0. The Hall–Kier alpha value is -1.05. The van der Waals surface area contributed by atoms with Crippen molar-refractivity contribution in [2.45, 2.75) is 53.5 Å². The summed E-state index contributed by atoms with van der Waals surface area (Å²) in [6, 6.07) is 2.66. The van der Waals surface area contributed by atoms with Crippen LogP contribution in [-0.2, 0) is 0 Å². The third kappa shape index (κ3) is 1.94. The Morgan fingerprint density at radius 3 is 2.65 bits per heavy atom. The summed E-state index contributed by atoms with van der Waals surface area (Å²) in [5.74, 6) is 1.06. The zero-order valence-corrected chi connectivity index (χ0v) is 11.6. The van der Waals surface area contributed by atoms with E-state index < -0.39 is 0 Å². The normalized spacial score (nSPS) is 28.4. The highest BCUT2D eigenvalue weighted by molar-refractivity contribution is 5.99. The molecule has 2 aliphatic rings. The first kappa shape index (κ1) is 12.4. The molecule has 0 amide bonds. The standard InChI is InChI=1S/C13H17NO.C2H6/c1-8-4-11-12(15)13(2,3)6-9-5-10(9)14(11)7-8;1-2/h4,7,9-10H,5-6H2,1-3H3;1-2H3. The Balaban J connectivity index is 0.000000514. The lowest BCUT2D eigenvalue weighted by molar-refractivity contribution is 0.0819. The van der Waals surface area contributed by atoms with Crippen molar-refractivity contribution in [2.24, 2.45) is 11.3 Å². The molecule has 2 atom stereocenters. The summed E-state index contributed by atoms with van der Waals surface area (Å²) in [4.78, 5) is 12.3. The summed E-state index contributed by atoms with van der Waals surface area (Å²) in [7, 11) is 0. The van der Waals surface area contributed by atoms with Crippen LogP contribution in [0.1, 0.15) is 62.6 Å². The first-order valence-corrected chi connectivity index (χ1v) is 6.72. The number of nitrogens with zero attached hydrogens (tertiary/aromatic N) is 1. The lowest BCUT2D eigenvalue weighted by Crippen LogP contribution is -2.24.